The molecular formula is C9H10O3P+. The first kappa shape index (κ1) is 10.1. The third-order valence-corrected chi connectivity index (χ3v) is 1.95. The van der Waals surface area contributed by atoms with E-state index in [4.69, 9.17) is 9.42 Å². The van der Waals surface area contributed by atoms with Crippen molar-refractivity contribution in [2.75, 3.05) is 0 Å². The van der Waals surface area contributed by atoms with Gasteiger partial charge in [-0.25, -0.2) is 0 Å². The van der Waals surface area contributed by atoms with Gasteiger partial charge in [0.25, 0.3) is 0 Å². The van der Waals surface area contributed by atoms with Crippen LogP contribution in [-0.4, -0.2) is 4.89 Å². The predicted molar refractivity (Wildman–Crippen MR) is 50.3 cm³/mol. The topological polar surface area (TPSA) is 46.5 Å². The predicted octanol–water partition coefficient (Wildman–Crippen LogP) is 2.58. The number of hydrogen-bond donors (Lipinski definition) is 1. The molecule has 13 heavy (non-hydrogen) atoms. The second kappa shape index (κ2) is 4.87. The lowest BCUT2D eigenvalue weighted by atomic mass is 10.4. The van der Waals surface area contributed by atoms with Crippen molar-refractivity contribution in [2.45, 2.75) is 6.10 Å². The SMILES string of the molecule is C=CC(O[P+](=O)O)[14c]1ccccc1. The van der Waals surface area contributed by atoms with Crippen LogP contribution in [-0.2, 0) is 9.09 Å². The van der Waals surface area contributed by atoms with Gasteiger partial charge in [0.2, 0.25) is 0 Å². The Labute approximate surface area is 77.6 Å². The fourth-order valence-electron chi connectivity index (χ4n) is 0.980. The van der Waals surface area contributed by atoms with Crippen molar-refractivity contribution < 1.29 is 14.0 Å². The van der Waals surface area contributed by atoms with Gasteiger partial charge >= 0.3 is 8.25 Å². The molecule has 0 saturated carbocycles. The second-order valence-electron chi connectivity index (χ2n) is 2.41. The number of rotatable bonds is 4. The Bertz CT molecular complexity index is 297. The van der Waals surface area contributed by atoms with Gasteiger partial charge in [0.15, 0.2) is 6.10 Å². The maximum Gasteiger partial charge on any atom is 0.695 e. The van der Waals surface area contributed by atoms with Crippen molar-refractivity contribution in [1.82, 2.24) is 0 Å². The van der Waals surface area contributed by atoms with Crippen LogP contribution in [0.4, 0.5) is 0 Å². The van der Waals surface area contributed by atoms with Gasteiger partial charge < -0.3 is 0 Å². The van der Waals surface area contributed by atoms with Gasteiger partial charge in [0.05, 0.1) is 0 Å². The van der Waals surface area contributed by atoms with Crippen molar-refractivity contribution in [3.05, 3.63) is 48.6 Å². The van der Waals surface area contributed by atoms with E-state index in [9.17, 15) is 4.57 Å². The number of hydrogen-bond acceptors (Lipinski definition) is 2. The molecule has 1 aromatic carbocycles. The Morgan fingerprint density at radius 3 is 2.54 bits per heavy atom. The average molecular weight is 199 g/mol. The van der Waals surface area contributed by atoms with Crippen LogP contribution in [0.5, 0.6) is 0 Å². The summed E-state index contributed by atoms with van der Waals surface area (Å²) in [4.78, 5) is 8.55. The fraction of sp³-hybridized carbons (Fsp3) is 0.111. The van der Waals surface area contributed by atoms with Gasteiger partial charge in [0.1, 0.15) is 0 Å². The standard InChI is InChI=1S/C9H9O3P/c1-2-9(12-13(10)11)8-6-4-3-5-7-8/h2-7,9H,1H2/p+1/i8+2. The monoisotopic (exact) mass is 199 g/mol. The van der Waals surface area contributed by atoms with Crippen LogP contribution >= 0.6 is 8.25 Å². The maximum atomic E-state index is 10.4. The van der Waals surface area contributed by atoms with E-state index in [-0.39, 0.29) is 0 Å². The molecule has 0 fully saturated rings. The van der Waals surface area contributed by atoms with Crippen molar-refractivity contribution in [1.29, 1.82) is 0 Å². The average Bonchev–Trinajstić information content (AvgIpc) is 2.15. The quantitative estimate of drug-likeness (QED) is 0.598. The zero-order valence-corrected chi connectivity index (χ0v) is 7.85. The molecule has 2 atom stereocenters. The minimum absolute atomic E-state index is 0.519. The summed E-state index contributed by atoms with van der Waals surface area (Å²) in [6.07, 6.45) is 0.966. The lowest BCUT2D eigenvalue weighted by molar-refractivity contribution is 0.233. The van der Waals surface area contributed by atoms with Gasteiger partial charge in [-0.2, -0.15) is 0 Å². The summed E-state index contributed by atoms with van der Waals surface area (Å²) in [6, 6.07) is 9.15. The van der Waals surface area contributed by atoms with E-state index in [1.807, 2.05) is 30.3 Å². The van der Waals surface area contributed by atoms with E-state index in [2.05, 4.69) is 6.58 Å². The normalized spacial score (nSPS) is 13.5. The third-order valence-electron chi connectivity index (χ3n) is 1.55. The van der Waals surface area contributed by atoms with E-state index in [0.717, 1.165) is 5.56 Å². The molecule has 0 saturated heterocycles. The van der Waals surface area contributed by atoms with Crippen LogP contribution in [0.3, 0.4) is 0 Å². The smallest absolute Gasteiger partial charge is 0.133 e. The Kier molecular flexibility index (Phi) is 3.77. The summed E-state index contributed by atoms with van der Waals surface area (Å²) in [7, 11) is -2.59. The summed E-state index contributed by atoms with van der Waals surface area (Å²) >= 11 is 0. The van der Waals surface area contributed by atoms with E-state index in [1.165, 1.54) is 6.08 Å². The Morgan fingerprint density at radius 2 is 2.08 bits per heavy atom. The van der Waals surface area contributed by atoms with E-state index >= 15 is 0 Å². The van der Waals surface area contributed by atoms with E-state index < -0.39 is 14.4 Å². The Balaban J connectivity index is 2.78. The molecule has 1 N–H and O–H groups in total. The molecule has 0 heterocycles. The summed E-state index contributed by atoms with van der Waals surface area (Å²) < 4.78 is 15.2. The molecule has 0 radical (unpaired) electrons. The largest absolute Gasteiger partial charge is 0.695 e. The fourth-order valence-corrected chi connectivity index (χ4v) is 1.38. The van der Waals surface area contributed by atoms with Gasteiger partial charge in [-0.1, -0.05) is 43.0 Å². The molecule has 0 aliphatic carbocycles. The molecule has 2 unspecified atom stereocenters. The highest BCUT2D eigenvalue weighted by Crippen LogP contribution is 2.28. The Hall–Kier alpha value is -1.02. The van der Waals surface area contributed by atoms with Gasteiger partial charge in [0, 0.05) is 4.57 Å². The lowest BCUT2D eigenvalue weighted by Gasteiger charge is -2.03. The summed E-state index contributed by atoms with van der Waals surface area (Å²) in [5.74, 6) is 0. The van der Waals surface area contributed by atoms with E-state index in [0.29, 0.717) is 0 Å². The third kappa shape index (κ3) is 3.07. The van der Waals surface area contributed by atoms with Crippen LogP contribution in [0.2, 0.25) is 0 Å². The summed E-state index contributed by atoms with van der Waals surface area (Å²) in [5, 5.41) is 0. The van der Waals surface area contributed by atoms with Crippen LogP contribution in [0, 0.1) is 0 Å². The summed E-state index contributed by atoms with van der Waals surface area (Å²) in [6.45, 7) is 3.53. The molecule has 1 aromatic rings. The van der Waals surface area contributed by atoms with Crippen LogP contribution < -0.4 is 0 Å². The first-order valence-electron chi connectivity index (χ1n) is 3.74. The molecule has 0 bridgehead atoms. The molecule has 0 spiro atoms. The maximum absolute atomic E-state index is 10.4. The molecule has 0 amide bonds. The van der Waals surface area contributed by atoms with Crippen LogP contribution in [0.15, 0.2) is 43.0 Å². The van der Waals surface area contributed by atoms with Crippen molar-refractivity contribution >= 4 is 8.25 Å². The molecular weight excluding hydrogens is 189 g/mol. The van der Waals surface area contributed by atoms with Crippen molar-refractivity contribution in [3.8, 4) is 0 Å². The summed E-state index contributed by atoms with van der Waals surface area (Å²) in [5.41, 5.74) is 0.815. The zero-order chi connectivity index (χ0) is 9.68. The number of benzene rings is 1. The van der Waals surface area contributed by atoms with Crippen molar-refractivity contribution in [3.63, 3.8) is 0 Å². The molecule has 1 rings (SSSR count). The minimum atomic E-state index is -2.59. The first-order chi connectivity index (χ1) is 6.24. The highest BCUT2D eigenvalue weighted by atomic mass is 31.1. The molecule has 3 nitrogen and oxygen atoms in total. The van der Waals surface area contributed by atoms with Gasteiger partial charge in [-0.05, 0) is 5.56 Å². The zero-order valence-electron chi connectivity index (χ0n) is 6.96. The van der Waals surface area contributed by atoms with Crippen molar-refractivity contribution in [2.24, 2.45) is 0 Å². The van der Waals surface area contributed by atoms with E-state index in [1.54, 1.807) is 0 Å². The van der Waals surface area contributed by atoms with Crippen LogP contribution in [0.25, 0.3) is 0 Å². The first-order valence-corrected chi connectivity index (χ1v) is 4.87. The molecule has 0 aromatic heterocycles. The molecule has 0 aliphatic rings. The molecule has 4 heteroatoms. The van der Waals surface area contributed by atoms with Crippen LogP contribution in [0.1, 0.15) is 11.7 Å². The highest BCUT2D eigenvalue weighted by molar-refractivity contribution is 7.32. The van der Waals surface area contributed by atoms with Gasteiger partial charge in [-0.3, -0.25) is 0 Å². The molecule has 68 valence electrons. The Morgan fingerprint density at radius 1 is 1.46 bits per heavy atom. The van der Waals surface area contributed by atoms with Gasteiger partial charge in [-0.15, -0.1) is 9.42 Å². The molecule has 0 aliphatic heterocycles. The minimum Gasteiger partial charge on any atom is -0.133 e. The highest BCUT2D eigenvalue weighted by Gasteiger charge is 2.21. The second-order valence-corrected chi connectivity index (χ2v) is 3.10. The lowest BCUT2D eigenvalue weighted by Crippen LogP contribution is -1.94.